The fraction of sp³-hybridized carbons (Fsp3) is 0.250. The molecule has 0 aliphatic heterocycles. The molecular weight excluding hydrogens is 287 g/mol. The van der Waals surface area contributed by atoms with E-state index in [-0.39, 0.29) is 17.9 Å². The number of carbonyl (C=O) groups excluding carboxylic acids is 1. The maximum atomic E-state index is 13.9. The van der Waals surface area contributed by atoms with Gasteiger partial charge >= 0.3 is 0 Å². The number of methoxy groups -OCH3 is 1. The summed E-state index contributed by atoms with van der Waals surface area (Å²) >= 11 is 0. The van der Waals surface area contributed by atoms with Crippen LogP contribution in [-0.2, 0) is 0 Å². The first-order valence-electron chi connectivity index (χ1n) is 6.78. The van der Waals surface area contributed by atoms with E-state index in [0.29, 0.717) is 11.6 Å². The van der Waals surface area contributed by atoms with Gasteiger partial charge < -0.3 is 14.4 Å². The molecule has 0 aliphatic carbocycles. The fourth-order valence-electron chi connectivity index (χ4n) is 2.05. The SMILES string of the molecule is CCOc1c(F)cccc1C(=O)N(C)c1cccnc1OC. The Morgan fingerprint density at radius 1 is 1.32 bits per heavy atom. The van der Waals surface area contributed by atoms with E-state index in [1.165, 1.54) is 30.2 Å². The average Bonchev–Trinajstić information content (AvgIpc) is 2.55. The van der Waals surface area contributed by atoms with Gasteiger partial charge in [-0.1, -0.05) is 6.07 Å². The molecule has 0 saturated heterocycles. The Hall–Kier alpha value is -2.63. The van der Waals surface area contributed by atoms with Gasteiger partial charge in [0.25, 0.3) is 5.91 Å². The molecule has 0 unspecified atom stereocenters. The van der Waals surface area contributed by atoms with Crippen LogP contribution in [0.1, 0.15) is 17.3 Å². The third-order valence-electron chi connectivity index (χ3n) is 3.10. The summed E-state index contributed by atoms with van der Waals surface area (Å²) in [7, 11) is 3.04. The van der Waals surface area contributed by atoms with Crippen molar-refractivity contribution in [3.63, 3.8) is 0 Å². The molecule has 1 aromatic heterocycles. The summed E-state index contributed by atoms with van der Waals surface area (Å²) < 4.78 is 24.3. The van der Waals surface area contributed by atoms with Crippen molar-refractivity contribution in [3.8, 4) is 11.6 Å². The number of rotatable bonds is 5. The molecule has 0 spiro atoms. The van der Waals surface area contributed by atoms with E-state index >= 15 is 0 Å². The Bertz CT molecular complexity index is 676. The molecule has 116 valence electrons. The van der Waals surface area contributed by atoms with Crippen molar-refractivity contribution < 1.29 is 18.7 Å². The Morgan fingerprint density at radius 2 is 2.09 bits per heavy atom. The Morgan fingerprint density at radius 3 is 2.77 bits per heavy atom. The van der Waals surface area contributed by atoms with Crippen LogP contribution >= 0.6 is 0 Å². The highest BCUT2D eigenvalue weighted by Crippen LogP contribution is 2.29. The molecule has 0 radical (unpaired) electrons. The normalized spacial score (nSPS) is 10.2. The van der Waals surface area contributed by atoms with Crippen LogP contribution in [0.25, 0.3) is 0 Å². The molecule has 2 aromatic rings. The van der Waals surface area contributed by atoms with Crippen molar-refractivity contribution in [1.29, 1.82) is 0 Å². The summed E-state index contributed by atoms with van der Waals surface area (Å²) in [5, 5.41) is 0. The molecule has 0 saturated carbocycles. The van der Waals surface area contributed by atoms with Crippen LogP contribution in [-0.4, -0.2) is 31.7 Å². The van der Waals surface area contributed by atoms with E-state index in [1.54, 1.807) is 32.3 Å². The maximum Gasteiger partial charge on any atom is 0.262 e. The summed E-state index contributed by atoms with van der Waals surface area (Å²) in [6.07, 6.45) is 1.56. The standard InChI is InChI=1S/C16H17FN2O3/c1-4-22-14-11(7-5-8-12(14)17)16(20)19(2)13-9-6-10-18-15(13)21-3/h5-10H,4H2,1-3H3. The van der Waals surface area contributed by atoms with Gasteiger partial charge in [-0.2, -0.15) is 0 Å². The van der Waals surface area contributed by atoms with E-state index in [9.17, 15) is 9.18 Å². The molecule has 6 heteroatoms. The topological polar surface area (TPSA) is 51.7 Å². The zero-order chi connectivity index (χ0) is 16.1. The van der Waals surface area contributed by atoms with Crippen LogP contribution < -0.4 is 14.4 Å². The largest absolute Gasteiger partial charge is 0.490 e. The molecular formula is C16H17FN2O3. The first kappa shape index (κ1) is 15.8. The quantitative estimate of drug-likeness (QED) is 0.852. The smallest absolute Gasteiger partial charge is 0.262 e. The van der Waals surface area contributed by atoms with Crippen LogP contribution in [0.4, 0.5) is 10.1 Å². The minimum atomic E-state index is -0.570. The molecule has 0 bridgehead atoms. The van der Waals surface area contributed by atoms with Gasteiger partial charge in [-0.05, 0) is 31.2 Å². The second-order valence-electron chi connectivity index (χ2n) is 4.45. The highest BCUT2D eigenvalue weighted by atomic mass is 19.1. The van der Waals surface area contributed by atoms with Gasteiger partial charge in [0.15, 0.2) is 11.6 Å². The number of aromatic nitrogens is 1. The number of halogens is 1. The lowest BCUT2D eigenvalue weighted by molar-refractivity contribution is 0.0987. The van der Waals surface area contributed by atoms with E-state index in [2.05, 4.69) is 4.98 Å². The number of benzene rings is 1. The van der Waals surface area contributed by atoms with Crippen molar-refractivity contribution in [2.24, 2.45) is 0 Å². The second kappa shape index (κ2) is 6.89. The first-order chi connectivity index (χ1) is 10.6. The summed E-state index contributed by atoms with van der Waals surface area (Å²) in [6, 6.07) is 7.64. The zero-order valence-corrected chi connectivity index (χ0v) is 12.7. The van der Waals surface area contributed by atoms with Gasteiger partial charge in [-0.25, -0.2) is 9.37 Å². The summed E-state index contributed by atoms with van der Waals surface area (Å²) in [4.78, 5) is 18.1. The van der Waals surface area contributed by atoms with Crippen LogP contribution in [0.2, 0.25) is 0 Å². The Balaban J connectivity index is 2.41. The third-order valence-corrected chi connectivity index (χ3v) is 3.10. The molecule has 2 rings (SSSR count). The number of nitrogens with zero attached hydrogens (tertiary/aromatic N) is 2. The predicted octanol–water partition coefficient (Wildman–Crippen LogP) is 2.90. The number of hydrogen-bond acceptors (Lipinski definition) is 4. The molecule has 1 amide bonds. The second-order valence-corrected chi connectivity index (χ2v) is 4.45. The molecule has 0 aliphatic rings. The van der Waals surface area contributed by atoms with Crippen LogP contribution in [0, 0.1) is 5.82 Å². The monoisotopic (exact) mass is 304 g/mol. The van der Waals surface area contributed by atoms with Gasteiger partial charge in [-0.15, -0.1) is 0 Å². The van der Waals surface area contributed by atoms with E-state index in [0.717, 1.165) is 0 Å². The van der Waals surface area contributed by atoms with E-state index in [1.807, 2.05) is 0 Å². The number of ether oxygens (including phenoxy) is 2. The zero-order valence-electron chi connectivity index (χ0n) is 12.7. The molecule has 0 fully saturated rings. The fourth-order valence-corrected chi connectivity index (χ4v) is 2.05. The van der Waals surface area contributed by atoms with Crippen molar-refractivity contribution in [2.45, 2.75) is 6.92 Å². The van der Waals surface area contributed by atoms with Crippen LogP contribution in [0.3, 0.4) is 0 Å². The lowest BCUT2D eigenvalue weighted by Crippen LogP contribution is -2.27. The van der Waals surface area contributed by atoms with Crippen molar-refractivity contribution in [3.05, 3.63) is 47.9 Å². The van der Waals surface area contributed by atoms with Gasteiger partial charge in [0.1, 0.15) is 5.69 Å². The minimum Gasteiger partial charge on any atom is -0.490 e. The lowest BCUT2D eigenvalue weighted by Gasteiger charge is -2.20. The summed E-state index contributed by atoms with van der Waals surface area (Å²) in [5.74, 6) is -0.717. The minimum absolute atomic E-state index is 0.0512. The van der Waals surface area contributed by atoms with Crippen molar-refractivity contribution in [2.75, 3.05) is 25.7 Å². The van der Waals surface area contributed by atoms with Gasteiger partial charge in [0.2, 0.25) is 5.88 Å². The highest BCUT2D eigenvalue weighted by Gasteiger charge is 2.22. The van der Waals surface area contributed by atoms with Gasteiger partial charge in [0, 0.05) is 13.2 Å². The Kier molecular flexibility index (Phi) is 4.93. The van der Waals surface area contributed by atoms with Crippen molar-refractivity contribution >= 4 is 11.6 Å². The van der Waals surface area contributed by atoms with E-state index in [4.69, 9.17) is 9.47 Å². The first-order valence-corrected chi connectivity index (χ1v) is 6.78. The summed E-state index contributed by atoms with van der Waals surface area (Å²) in [6.45, 7) is 2.00. The predicted molar refractivity (Wildman–Crippen MR) is 81.1 cm³/mol. The number of para-hydroxylation sites is 1. The highest BCUT2D eigenvalue weighted by molar-refractivity contribution is 6.08. The molecule has 1 aromatic carbocycles. The van der Waals surface area contributed by atoms with Gasteiger partial charge in [0.05, 0.1) is 19.3 Å². The van der Waals surface area contributed by atoms with Crippen LogP contribution in [0.5, 0.6) is 11.6 Å². The van der Waals surface area contributed by atoms with E-state index < -0.39 is 11.7 Å². The number of anilines is 1. The molecule has 22 heavy (non-hydrogen) atoms. The third kappa shape index (κ3) is 3.00. The maximum absolute atomic E-state index is 13.9. The molecule has 0 atom stereocenters. The van der Waals surface area contributed by atoms with Gasteiger partial charge in [-0.3, -0.25) is 4.79 Å². The number of hydrogen-bond donors (Lipinski definition) is 0. The molecule has 0 N–H and O–H groups in total. The summed E-state index contributed by atoms with van der Waals surface area (Å²) in [5.41, 5.74) is 0.636. The Labute approximate surface area is 128 Å². The van der Waals surface area contributed by atoms with Crippen molar-refractivity contribution in [1.82, 2.24) is 4.98 Å². The lowest BCUT2D eigenvalue weighted by atomic mass is 10.1. The average molecular weight is 304 g/mol. The molecule has 1 heterocycles. The number of amides is 1. The number of pyridine rings is 1. The number of carbonyl (C=O) groups is 1. The van der Waals surface area contributed by atoms with Crippen LogP contribution in [0.15, 0.2) is 36.5 Å². The molecule has 5 nitrogen and oxygen atoms in total.